The van der Waals surface area contributed by atoms with Crippen LogP contribution in [-0.2, 0) is 4.79 Å². The smallest absolute Gasteiger partial charge is 0.226 e. The van der Waals surface area contributed by atoms with Crippen molar-refractivity contribution in [3.63, 3.8) is 0 Å². The number of rotatable bonds is 4. The van der Waals surface area contributed by atoms with E-state index in [1.54, 1.807) is 13.8 Å². The lowest BCUT2D eigenvalue weighted by molar-refractivity contribution is -0.136. The van der Waals surface area contributed by atoms with Crippen molar-refractivity contribution >= 4 is 5.91 Å². The SMILES string of the molecule is CCN(CC(C)(C)O)C(=O)C1C2CCCC21. The van der Waals surface area contributed by atoms with E-state index in [1.807, 2.05) is 11.8 Å². The Balaban J connectivity index is 1.92. The molecule has 3 nitrogen and oxygen atoms in total. The molecule has 2 atom stereocenters. The Kier molecular flexibility index (Phi) is 2.99. The summed E-state index contributed by atoms with van der Waals surface area (Å²) in [6.45, 7) is 6.67. The lowest BCUT2D eigenvalue weighted by atomic mass is 10.1. The number of hydrogen-bond donors (Lipinski definition) is 1. The summed E-state index contributed by atoms with van der Waals surface area (Å²) in [6, 6.07) is 0. The van der Waals surface area contributed by atoms with Gasteiger partial charge in [0.05, 0.1) is 5.60 Å². The largest absolute Gasteiger partial charge is 0.389 e. The molecule has 0 spiro atoms. The fourth-order valence-corrected chi connectivity index (χ4v) is 3.21. The van der Waals surface area contributed by atoms with E-state index in [9.17, 15) is 9.90 Å². The normalized spacial score (nSPS) is 32.4. The lowest BCUT2D eigenvalue weighted by Crippen LogP contribution is -2.43. The molecule has 2 saturated carbocycles. The molecular formula is C13H23NO2. The summed E-state index contributed by atoms with van der Waals surface area (Å²) in [6.07, 6.45) is 3.78. The maximum atomic E-state index is 12.2. The van der Waals surface area contributed by atoms with Crippen molar-refractivity contribution in [3.05, 3.63) is 0 Å². The Morgan fingerprint density at radius 3 is 2.38 bits per heavy atom. The van der Waals surface area contributed by atoms with Crippen LogP contribution in [0.2, 0.25) is 0 Å². The summed E-state index contributed by atoms with van der Waals surface area (Å²) < 4.78 is 0. The average Bonchev–Trinajstić information content (AvgIpc) is 2.66. The molecule has 0 aromatic heterocycles. The van der Waals surface area contributed by atoms with E-state index in [0.29, 0.717) is 24.9 Å². The Bertz CT molecular complexity index is 272. The number of nitrogens with zero attached hydrogens (tertiary/aromatic N) is 1. The molecule has 1 N–H and O–H groups in total. The second-order valence-electron chi connectivity index (χ2n) is 5.95. The van der Waals surface area contributed by atoms with Crippen molar-refractivity contribution in [2.45, 2.75) is 45.6 Å². The third-order valence-corrected chi connectivity index (χ3v) is 3.96. The highest BCUT2D eigenvalue weighted by molar-refractivity contribution is 5.82. The first-order valence-electron chi connectivity index (χ1n) is 6.45. The number of amides is 1. The van der Waals surface area contributed by atoms with Crippen LogP contribution in [-0.4, -0.2) is 34.6 Å². The van der Waals surface area contributed by atoms with Crippen LogP contribution in [0, 0.1) is 17.8 Å². The van der Waals surface area contributed by atoms with Crippen LogP contribution in [0.5, 0.6) is 0 Å². The van der Waals surface area contributed by atoms with E-state index in [-0.39, 0.29) is 11.8 Å². The number of fused-ring (bicyclic) bond motifs is 1. The monoisotopic (exact) mass is 225 g/mol. The molecule has 2 rings (SSSR count). The van der Waals surface area contributed by atoms with Crippen LogP contribution < -0.4 is 0 Å². The van der Waals surface area contributed by atoms with E-state index < -0.39 is 5.60 Å². The molecule has 0 aromatic carbocycles. The van der Waals surface area contributed by atoms with Crippen molar-refractivity contribution < 1.29 is 9.90 Å². The zero-order chi connectivity index (χ0) is 11.9. The van der Waals surface area contributed by atoms with Gasteiger partial charge in [-0.05, 0) is 45.4 Å². The molecule has 2 aliphatic rings. The minimum Gasteiger partial charge on any atom is -0.389 e. The highest BCUT2D eigenvalue weighted by atomic mass is 16.3. The van der Waals surface area contributed by atoms with Gasteiger partial charge >= 0.3 is 0 Å². The third-order valence-electron chi connectivity index (χ3n) is 3.96. The van der Waals surface area contributed by atoms with Crippen molar-refractivity contribution in [2.75, 3.05) is 13.1 Å². The van der Waals surface area contributed by atoms with Gasteiger partial charge in [0.25, 0.3) is 0 Å². The zero-order valence-corrected chi connectivity index (χ0v) is 10.6. The Morgan fingerprint density at radius 1 is 1.38 bits per heavy atom. The quantitative estimate of drug-likeness (QED) is 0.790. The lowest BCUT2D eigenvalue weighted by Gasteiger charge is -2.28. The number of aliphatic hydroxyl groups is 1. The van der Waals surface area contributed by atoms with Crippen LogP contribution in [0.4, 0.5) is 0 Å². The summed E-state index contributed by atoms with van der Waals surface area (Å²) in [5, 5.41) is 9.78. The first kappa shape index (κ1) is 11.9. The van der Waals surface area contributed by atoms with Crippen molar-refractivity contribution in [1.29, 1.82) is 0 Å². The summed E-state index contributed by atoms with van der Waals surface area (Å²) in [5.74, 6) is 1.90. The molecule has 0 heterocycles. The predicted octanol–water partition coefficient (Wildman–Crippen LogP) is 1.65. The van der Waals surface area contributed by atoms with E-state index >= 15 is 0 Å². The molecule has 2 unspecified atom stereocenters. The number of carbonyl (C=O) groups is 1. The van der Waals surface area contributed by atoms with Crippen LogP contribution >= 0.6 is 0 Å². The first-order chi connectivity index (χ1) is 7.44. The van der Waals surface area contributed by atoms with Gasteiger partial charge in [-0.15, -0.1) is 0 Å². The second-order valence-corrected chi connectivity index (χ2v) is 5.95. The molecule has 0 bridgehead atoms. The fraction of sp³-hybridized carbons (Fsp3) is 0.923. The van der Waals surface area contributed by atoms with Crippen LogP contribution in [0.15, 0.2) is 0 Å². The first-order valence-corrected chi connectivity index (χ1v) is 6.45. The molecule has 16 heavy (non-hydrogen) atoms. The molecule has 0 aromatic rings. The molecular weight excluding hydrogens is 202 g/mol. The van der Waals surface area contributed by atoms with Crippen molar-refractivity contribution in [1.82, 2.24) is 4.90 Å². The molecule has 3 heteroatoms. The Morgan fingerprint density at radius 2 is 1.94 bits per heavy atom. The topological polar surface area (TPSA) is 40.5 Å². The molecule has 0 saturated heterocycles. The predicted molar refractivity (Wildman–Crippen MR) is 62.9 cm³/mol. The molecule has 1 amide bonds. The van der Waals surface area contributed by atoms with Gasteiger partial charge in [0, 0.05) is 19.0 Å². The van der Waals surface area contributed by atoms with Crippen molar-refractivity contribution in [2.24, 2.45) is 17.8 Å². The minimum atomic E-state index is -0.782. The minimum absolute atomic E-state index is 0.277. The summed E-state index contributed by atoms with van der Waals surface area (Å²) in [4.78, 5) is 14.1. The highest BCUT2D eigenvalue weighted by Crippen LogP contribution is 2.58. The van der Waals surface area contributed by atoms with Gasteiger partial charge in [0.1, 0.15) is 0 Å². The van der Waals surface area contributed by atoms with Gasteiger partial charge < -0.3 is 10.0 Å². The zero-order valence-electron chi connectivity index (χ0n) is 10.6. The summed E-state index contributed by atoms with van der Waals surface area (Å²) in [5.41, 5.74) is -0.782. The number of likely N-dealkylation sites (N-methyl/N-ethyl adjacent to an activating group) is 1. The Labute approximate surface area is 97.8 Å². The van der Waals surface area contributed by atoms with Crippen LogP contribution in [0.25, 0.3) is 0 Å². The molecule has 0 aliphatic heterocycles. The van der Waals surface area contributed by atoms with E-state index in [4.69, 9.17) is 0 Å². The number of carbonyl (C=O) groups excluding carboxylic acids is 1. The highest BCUT2D eigenvalue weighted by Gasteiger charge is 2.57. The van der Waals surface area contributed by atoms with Crippen LogP contribution in [0.3, 0.4) is 0 Å². The van der Waals surface area contributed by atoms with Gasteiger partial charge in [-0.2, -0.15) is 0 Å². The summed E-state index contributed by atoms with van der Waals surface area (Å²) in [7, 11) is 0. The van der Waals surface area contributed by atoms with E-state index in [0.717, 1.165) is 0 Å². The van der Waals surface area contributed by atoms with Crippen molar-refractivity contribution in [3.8, 4) is 0 Å². The fourth-order valence-electron chi connectivity index (χ4n) is 3.21. The maximum Gasteiger partial charge on any atom is 0.226 e. The van der Waals surface area contributed by atoms with E-state index in [1.165, 1.54) is 19.3 Å². The van der Waals surface area contributed by atoms with Gasteiger partial charge in [-0.25, -0.2) is 0 Å². The van der Waals surface area contributed by atoms with Gasteiger partial charge in [0.15, 0.2) is 0 Å². The average molecular weight is 225 g/mol. The molecule has 0 radical (unpaired) electrons. The third kappa shape index (κ3) is 2.24. The number of hydrogen-bond acceptors (Lipinski definition) is 2. The molecule has 2 aliphatic carbocycles. The summed E-state index contributed by atoms with van der Waals surface area (Å²) >= 11 is 0. The standard InChI is InChI=1S/C13H23NO2/c1-4-14(8-13(2,3)16)12(15)11-9-6-5-7-10(9)11/h9-11,16H,4-8H2,1-3H3. The molecule has 2 fully saturated rings. The molecule has 92 valence electrons. The van der Waals surface area contributed by atoms with E-state index in [2.05, 4.69) is 0 Å². The van der Waals surface area contributed by atoms with Crippen LogP contribution in [0.1, 0.15) is 40.0 Å². The maximum absolute atomic E-state index is 12.2. The van der Waals surface area contributed by atoms with Gasteiger partial charge in [-0.1, -0.05) is 6.42 Å². The van der Waals surface area contributed by atoms with Gasteiger partial charge in [0.2, 0.25) is 5.91 Å². The Hall–Kier alpha value is -0.570. The van der Waals surface area contributed by atoms with Gasteiger partial charge in [-0.3, -0.25) is 4.79 Å². The second kappa shape index (κ2) is 4.02.